The number of amides is 1. The maximum absolute atomic E-state index is 12.1. The molecule has 2 aliphatic rings. The molecule has 0 bridgehead atoms. The molecule has 1 aliphatic heterocycles. The Hall–Kier alpha value is -0.650. The van der Waals surface area contributed by atoms with Crippen LogP contribution in [0.1, 0.15) is 51.4 Å². The quantitative estimate of drug-likeness (QED) is 0.696. The van der Waals surface area contributed by atoms with Crippen LogP contribution >= 0.6 is 0 Å². The van der Waals surface area contributed by atoms with Crippen molar-refractivity contribution < 1.29 is 14.6 Å². The zero-order valence-electron chi connectivity index (χ0n) is 13.3. The average Bonchev–Trinajstić information content (AvgIpc) is 2.87. The lowest BCUT2D eigenvalue weighted by Gasteiger charge is -2.33. The molecule has 1 saturated heterocycles. The largest absolute Gasteiger partial charge is 0.389 e. The number of carbonyl (C=O) groups is 1. The summed E-state index contributed by atoms with van der Waals surface area (Å²) in [6, 6.07) is 0.279. The number of ether oxygens (including phenoxy) is 1. The summed E-state index contributed by atoms with van der Waals surface area (Å²) in [7, 11) is 1.74. The van der Waals surface area contributed by atoms with Gasteiger partial charge in [-0.3, -0.25) is 4.79 Å². The van der Waals surface area contributed by atoms with Crippen molar-refractivity contribution in [2.45, 2.75) is 63.0 Å². The summed E-state index contributed by atoms with van der Waals surface area (Å²) in [5, 5.41) is 13.4. The molecule has 0 spiro atoms. The first kappa shape index (κ1) is 16.7. The summed E-state index contributed by atoms with van der Waals surface area (Å²) in [4.78, 5) is 14.5. The number of nitrogens with zero attached hydrogens (tertiary/aromatic N) is 1. The third-order valence-corrected chi connectivity index (χ3v) is 4.80. The molecule has 0 atom stereocenters. The van der Waals surface area contributed by atoms with E-state index in [2.05, 4.69) is 10.2 Å². The lowest BCUT2D eigenvalue weighted by molar-refractivity contribution is -0.126. The number of methoxy groups -OCH3 is 1. The van der Waals surface area contributed by atoms with Gasteiger partial charge in [-0.15, -0.1) is 0 Å². The van der Waals surface area contributed by atoms with E-state index >= 15 is 0 Å². The van der Waals surface area contributed by atoms with E-state index in [0.717, 1.165) is 71.2 Å². The molecule has 0 aromatic heterocycles. The molecule has 0 radical (unpaired) electrons. The molecule has 5 nitrogen and oxygen atoms in total. The Morgan fingerprint density at radius 3 is 2.62 bits per heavy atom. The summed E-state index contributed by atoms with van der Waals surface area (Å²) >= 11 is 0. The van der Waals surface area contributed by atoms with Gasteiger partial charge in [-0.1, -0.05) is 12.8 Å². The zero-order valence-corrected chi connectivity index (χ0v) is 13.3. The van der Waals surface area contributed by atoms with Crippen molar-refractivity contribution in [3.05, 3.63) is 0 Å². The first-order valence-electron chi connectivity index (χ1n) is 8.34. The second-order valence-electron chi connectivity index (χ2n) is 6.64. The van der Waals surface area contributed by atoms with Crippen LogP contribution < -0.4 is 5.32 Å². The Balaban J connectivity index is 1.62. The van der Waals surface area contributed by atoms with Gasteiger partial charge < -0.3 is 20.1 Å². The van der Waals surface area contributed by atoms with Crippen LogP contribution in [0.3, 0.4) is 0 Å². The van der Waals surface area contributed by atoms with Crippen LogP contribution in [-0.4, -0.2) is 60.9 Å². The minimum atomic E-state index is -0.731. The molecule has 2 rings (SSSR count). The third-order valence-electron chi connectivity index (χ3n) is 4.80. The van der Waals surface area contributed by atoms with Gasteiger partial charge in [0, 0.05) is 39.4 Å². The number of piperidine rings is 1. The Bertz CT molecular complexity index is 321. The SMILES string of the molecule is COCCCN1CCC(NC(=O)CC2(O)CCCC2)CC1. The Kier molecular flexibility index (Phi) is 6.45. The number of carbonyl (C=O) groups excluding carboxylic acids is 1. The van der Waals surface area contributed by atoms with Crippen molar-refractivity contribution in [2.75, 3.05) is 33.4 Å². The first-order chi connectivity index (χ1) is 10.1. The number of rotatable bonds is 7. The van der Waals surface area contributed by atoms with Crippen LogP contribution in [0.25, 0.3) is 0 Å². The van der Waals surface area contributed by atoms with E-state index < -0.39 is 5.60 Å². The van der Waals surface area contributed by atoms with Crippen molar-refractivity contribution in [1.29, 1.82) is 0 Å². The topological polar surface area (TPSA) is 61.8 Å². The molecule has 2 fully saturated rings. The van der Waals surface area contributed by atoms with Gasteiger partial charge in [-0.05, 0) is 32.1 Å². The highest BCUT2D eigenvalue weighted by Crippen LogP contribution is 2.32. The number of hydrogen-bond donors (Lipinski definition) is 2. The van der Waals surface area contributed by atoms with E-state index in [1.54, 1.807) is 7.11 Å². The van der Waals surface area contributed by atoms with Gasteiger partial charge in [-0.25, -0.2) is 0 Å². The van der Waals surface area contributed by atoms with Crippen molar-refractivity contribution in [2.24, 2.45) is 0 Å². The van der Waals surface area contributed by atoms with Gasteiger partial charge in [0.05, 0.1) is 12.0 Å². The van der Waals surface area contributed by atoms with Gasteiger partial charge >= 0.3 is 0 Å². The van der Waals surface area contributed by atoms with Gasteiger partial charge in [0.1, 0.15) is 0 Å². The fraction of sp³-hybridized carbons (Fsp3) is 0.938. The molecular formula is C16H30N2O3. The average molecular weight is 298 g/mol. The van der Waals surface area contributed by atoms with Crippen molar-refractivity contribution >= 4 is 5.91 Å². The third kappa shape index (κ3) is 5.57. The first-order valence-corrected chi connectivity index (χ1v) is 8.34. The molecule has 0 aromatic rings. The van der Waals surface area contributed by atoms with E-state index in [4.69, 9.17) is 4.74 Å². The fourth-order valence-electron chi connectivity index (χ4n) is 3.52. The van der Waals surface area contributed by atoms with Crippen LogP contribution in [0.2, 0.25) is 0 Å². The standard InChI is InChI=1S/C16H30N2O3/c1-21-12-4-9-18-10-5-14(6-11-18)17-15(19)13-16(20)7-2-3-8-16/h14,20H,2-13H2,1H3,(H,17,19). The second kappa shape index (κ2) is 8.11. The van der Waals surface area contributed by atoms with Crippen molar-refractivity contribution in [3.8, 4) is 0 Å². The van der Waals surface area contributed by atoms with E-state index in [0.29, 0.717) is 0 Å². The molecule has 1 saturated carbocycles. The predicted octanol–water partition coefficient (Wildman–Crippen LogP) is 1.30. The zero-order chi connectivity index (χ0) is 15.1. The number of nitrogens with one attached hydrogen (secondary N) is 1. The van der Waals surface area contributed by atoms with E-state index in [-0.39, 0.29) is 18.4 Å². The molecule has 5 heteroatoms. The normalized spacial score (nSPS) is 23.3. The summed E-state index contributed by atoms with van der Waals surface area (Å²) in [6.07, 6.45) is 7.01. The van der Waals surface area contributed by atoms with E-state index in [1.807, 2.05) is 0 Å². The van der Waals surface area contributed by atoms with Crippen LogP contribution in [0.15, 0.2) is 0 Å². The molecule has 0 aromatic carbocycles. The smallest absolute Gasteiger partial charge is 0.223 e. The van der Waals surface area contributed by atoms with Crippen LogP contribution in [0.5, 0.6) is 0 Å². The maximum atomic E-state index is 12.1. The van der Waals surface area contributed by atoms with E-state index in [9.17, 15) is 9.90 Å². The Morgan fingerprint density at radius 1 is 1.33 bits per heavy atom. The van der Waals surface area contributed by atoms with Crippen molar-refractivity contribution in [1.82, 2.24) is 10.2 Å². The van der Waals surface area contributed by atoms with E-state index in [1.165, 1.54) is 0 Å². The van der Waals surface area contributed by atoms with Gasteiger partial charge in [0.25, 0.3) is 0 Å². The summed E-state index contributed by atoms with van der Waals surface area (Å²) in [6.45, 7) is 3.97. The molecule has 1 heterocycles. The number of likely N-dealkylation sites (tertiary alicyclic amines) is 1. The predicted molar refractivity (Wildman–Crippen MR) is 82.1 cm³/mol. The highest BCUT2D eigenvalue weighted by Gasteiger charge is 2.34. The lowest BCUT2D eigenvalue weighted by atomic mass is 9.97. The lowest BCUT2D eigenvalue weighted by Crippen LogP contribution is -2.46. The van der Waals surface area contributed by atoms with Gasteiger partial charge in [0.15, 0.2) is 0 Å². The minimum Gasteiger partial charge on any atom is -0.389 e. The van der Waals surface area contributed by atoms with Crippen LogP contribution in [-0.2, 0) is 9.53 Å². The number of hydrogen-bond acceptors (Lipinski definition) is 4. The monoisotopic (exact) mass is 298 g/mol. The van der Waals surface area contributed by atoms with Crippen LogP contribution in [0.4, 0.5) is 0 Å². The maximum Gasteiger partial charge on any atom is 0.223 e. The van der Waals surface area contributed by atoms with Crippen molar-refractivity contribution in [3.63, 3.8) is 0 Å². The summed E-state index contributed by atoms with van der Waals surface area (Å²) in [5.41, 5.74) is -0.731. The molecule has 21 heavy (non-hydrogen) atoms. The van der Waals surface area contributed by atoms with Crippen LogP contribution in [0, 0.1) is 0 Å². The summed E-state index contributed by atoms with van der Waals surface area (Å²) in [5.74, 6) is 0.0252. The second-order valence-corrected chi connectivity index (χ2v) is 6.64. The Labute approximate surface area is 128 Å². The molecular weight excluding hydrogens is 268 g/mol. The molecule has 0 unspecified atom stereocenters. The highest BCUT2D eigenvalue weighted by atomic mass is 16.5. The fourth-order valence-corrected chi connectivity index (χ4v) is 3.52. The minimum absolute atomic E-state index is 0.0252. The highest BCUT2D eigenvalue weighted by molar-refractivity contribution is 5.77. The summed E-state index contributed by atoms with van der Waals surface area (Å²) < 4.78 is 5.07. The molecule has 2 N–H and O–H groups in total. The Morgan fingerprint density at radius 2 is 2.00 bits per heavy atom. The number of aliphatic hydroxyl groups is 1. The molecule has 1 amide bonds. The van der Waals surface area contributed by atoms with Gasteiger partial charge in [0.2, 0.25) is 5.91 Å². The molecule has 1 aliphatic carbocycles. The molecule has 122 valence electrons. The van der Waals surface area contributed by atoms with Gasteiger partial charge in [-0.2, -0.15) is 0 Å².